The molecule has 108 valence electrons. The molecular weight excluding hydrogens is 289 g/mol. The molecule has 0 aliphatic rings. The van der Waals surface area contributed by atoms with E-state index in [1.165, 1.54) is 11.1 Å². The number of rotatable bonds is 6. The number of halogens is 2. The summed E-state index contributed by atoms with van der Waals surface area (Å²) in [5, 5.41) is 0. The molecule has 0 aromatic heterocycles. The average Bonchev–Trinajstić information content (AvgIpc) is 2.48. The topological polar surface area (TPSA) is 3.24 Å². The van der Waals surface area contributed by atoms with Gasteiger partial charge in [0.15, 0.2) is 0 Å². The maximum Gasteiger partial charge on any atom is 0.0351 e. The van der Waals surface area contributed by atoms with Gasteiger partial charge in [-0.1, -0.05) is 60.7 Å². The third-order valence-electron chi connectivity index (χ3n) is 3.43. The van der Waals surface area contributed by atoms with Crippen molar-refractivity contribution >= 4 is 24.0 Å². The van der Waals surface area contributed by atoms with Crippen molar-refractivity contribution in [3.05, 3.63) is 71.8 Å². The van der Waals surface area contributed by atoms with E-state index >= 15 is 0 Å². The summed E-state index contributed by atoms with van der Waals surface area (Å²) in [6.45, 7) is 4.07. The smallest absolute Gasteiger partial charge is 0.0351 e. The van der Waals surface area contributed by atoms with Crippen LogP contribution in [-0.2, 0) is 6.54 Å². The van der Waals surface area contributed by atoms with Gasteiger partial charge in [-0.25, -0.2) is 0 Å². The predicted octanol–water partition coefficient (Wildman–Crippen LogP) is 4.91. The van der Waals surface area contributed by atoms with Gasteiger partial charge in [-0.15, -0.1) is 24.0 Å². The average molecular weight is 310 g/mol. The van der Waals surface area contributed by atoms with Gasteiger partial charge in [0.2, 0.25) is 0 Å². The molecule has 0 radical (unpaired) electrons. The first-order chi connectivity index (χ1) is 9.31. The van der Waals surface area contributed by atoms with E-state index in [4.69, 9.17) is 11.6 Å². The normalized spacial score (nSPS) is 11.9. The summed E-state index contributed by atoms with van der Waals surface area (Å²) in [6, 6.07) is 21.5. The molecule has 1 unspecified atom stereocenters. The third kappa shape index (κ3) is 4.82. The van der Waals surface area contributed by atoms with Gasteiger partial charge < -0.3 is 0 Å². The lowest BCUT2D eigenvalue weighted by molar-refractivity contribution is 0.214. The molecule has 0 aliphatic carbocycles. The van der Waals surface area contributed by atoms with Crippen molar-refractivity contribution in [1.29, 1.82) is 0 Å². The zero-order valence-electron chi connectivity index (χ0n) is 11.7. The van der Waals surface area contributed by atoms with Crippen molar-refractivity contribution in [2.75, 3.05) is 12.4 Å². The molecule has 0 aliphatic heterocycles. The fourth-order valence-electron chi connectivity index (χ4n) is 2.28. The van der Waals surface area contributed by atoms with E-state index in [1.54, 1.807) is 0 Å². The predicted molar refractivity (Wildman–Crippen MR) is 89.7 cm³/mol. The molecule has 0 N–H and O–H groups in total. The zero-order valence-corrected chi connectivity index (χ0v) is 13.3. The summed E-state index contributed by atoms with van der Waals surface area (Å²) >= 11 is 5.95. The molecule has 0 heterocycles. The van der Waals surface area contributed by atoms with Crippen LogP contribution in [0.4, 0.5) is 0 Å². The van der Waals surface area contributed by atoms with Crippen LogP contribution in [-0.4, -0.2) is 17.3 Å². The van der Waals surface area contributed by atoms with Gasteiger partial charge in [0.1, 0.15) is 0 Å². The van der Waals surface area contributed by atoms with E-state index in [9.17, 15) is 0 Å². The Kier molecular flexibility index (Phi) is 7.68. The number of alkyl halides is 1. The number of benzene rings is 2. The van der Waals surface area contributed by atoms with Gasteiger partial charge in [-0.2, -0.15) is 0 Å². The summed E-state index contributed by atoms with van der Waals surface area (Å²) in [7, 11) is 0. The van der Waals surface area contributed by atoms with Gasteiger partial charge in [-0.3, -0.25) is 4.90 Å². The third-order valence-corrected chi connectivity index (χ3v) is 3.60. The van der Waals surface area contributed by atoms with Gasteiger partial charge in [0.05, 0.1) is 0 Å². The Morgan fingerprint density at radius 3 is 2.05 bits per heavy atom. The maximum absolute atomic E-state index is 5.95. The van der Waals surface area contributed by atoms with E-state index in [0.717, 1.165) is 13.1 Å². The second kappa shape index (κ2) is 9.02. The largest absolute Gasteiger partial charge is 0.291 e. The van der Waals surface area contributed by atoms with Crippen molar-refractivity contribution in [2.45, 2.75) is 19.5 Å². The summed E-state index contributed by atoms with van der Waals surface area (Å²) < 4.78 is 0. The Hall–Kier alpha value is -1.02. The van der Waals surface area contributed by atoms with Crippen molar-refractivity contribution in [2.24, 2.45) is 0 Å². The van der Waals surface area contributed by atoms with Crippen LogP contribution in [0.1, 0.15) is 24.1 Å². The lowest BCUT2D eigenvalue weighted by Gasteiger charge is -2.29. The van der Waals surface area contributed by atoms with Crippen LogP contribution >= 0.6 is 24.0 Å². The lowest BCUT2D eigenvalue weighted by Crippen LogP contribution is -2.28. The minimum Gasteiger partial charge on any atom is -0.291 e. The van der Waals surface area contributed by atoms with Gasteiger partial charge >= 0.3 is 0 Å². The lowest BCUT2D eigenvalue weighted by atomic mass is 10.1. The van der Waals surface area contributed by atoms with E-state index in [2.05, 4.69) is 72.5 Å². The Balaban J connectivity index is 0.00000200. The molecule has 3 heteroatoms. The SMILES string of the molecule is CC(c1ccccc1)N(CCCl)Cc1ccccc1.Cl. The second-order valence-corrected chi connectivity index (χ2v) is 5.11. The van der Waals surface area contributed by atoms with Crippen LogP contribution in [0.2, 0.25) is 0 Å². The second-order valence-electron chi connectivity index (χ2n) is 4.73. The molecule has 0 saturated carbocycles. The van der Waals surface area contributed by atoms with Crippen LogP contribution in [0.25, 0.3) is 0 Å². The highest BCUT2D eigenvalue weighted by Gasteiger charge is 2.15. The van der Waals surface area contributed by atoms with Crippen LogP contribution in [0.15, 0.2) is 60.7 Å². The van der Waals surface area contributed by atoms with Crippen molar-refractivity contribution in [1.82, 2.24) is 4.90 Å². The molecule has 0 bridgehead atoms. The first kappa shape index (κ1) is 17.0. The molecule has 0 amide bonds. The van der Waals surface area contributed by atoms with E-state index in [1.807, 2.05) is 0 Å². The summed E-state index contributed by atoms with van der Waals surface area (Å²) in [5.41, 5.74) is 2.67. The quantitative estimate of drug-likeness (QED) is 0.685. The zero-order chi connectivity index (χ0) is 13.5. The first-order valence-electron chi connectivity index (χ1n) is 6.70. The molecule has 0 spiro atoms. The monoisotopic (exact) mass is 309 g/mol. The standard InChI is InChI=1S/C17H20ClN.ClH/c1-15(17-10-6-3-7-11-17)19(13-12-18)14-16-8-4-2-5-9-16;/h2-11,15H,12-14H2,1H3;1H. The van der Waals surface area contributed by atoms with Crippen molar-refractivity contribution in [3.8, 4) is 0 Å². The highest BCUT2D eigenvalue weighted by atomic mass is 35.5. The summed E-state index contributed by atoms with van der Waals surface area (Å²) in [6.07, 6.45) is 0. The van der Waals surface area contributed by atoms with Crippen LogP contribution in [0.5, 0.6) is 0 Å². The Morgan fingerprint density at radius 2 is 1.50 bits per heavy atom. The summed E-state index contributed by atoms with van der Waals surface area (Å²) in [5.74, 6) is 0.657. The maximum atomic E-state index is 5.95. The Labute approximate surface area is 133 Å². The number of hydrogen-bond donors (Lipinski definition) is 0. The Bertz CT molecular complexity index is 473. The highest BCUT2D eigenvalue weighted by Crippen LogP contribution is 2.22. The summed E-state index contributed by atoms with van der Waals surface area (Å²) in [4.78, 5) is 2.41. The fraction of sp³-hybridized carbons (Fsp3) is 0.294. The molecule has 2 aromatic carbocycles. The molecule has 0 saturated heterocycles. The fourth-order valence-corrected chi connectivity index (χ4v) is 2.50. The van der Waals surface area contributed by atoms with E-state index < -0.39 is 0 Å². The first-order valence-corrected chi connectivity index (χ1v) is 7.23. The van der Waals surface area contributed by atoms with Crippen molar-refractivity contribution in [3.63, 3.8) is 0 Å². The molecular formula is C17H21Cl2N. The molecule has 0 fully saturated rings. The molecule has 1 atom stereocenters. The van der Waals surface area contributed by atoms with Crippen LogP contribution in [0.3, 0.4) is 0 Å². The molecule has 2 rings (SSSR count). The Morgan fingerprint density at radius 1 is 0.950 bits per heavy atom. The van der Waals surface area contributed by atoms with Gasteiger partial charge in [-0.05, 0) is 18.1 Å². The van der Waals surface area contributed by atoms with Gasteiger partial charge in [0.25, 0.3) is 0 Å². The van der Waals surface area contributed by atoms with E-state index in [0.29, 0.717) is 11.9 Å². The minimum absolute atomic E-state index is 0. The molecule has 20 heavy (non-hydrogen) atoms. The van der Waals surface area contributed by atoms with Crippen LogP contribution in [0, 0.1) is 0 Å². The minimum atomic E-state index is 0. The van der Waals surface area contributed by atoms with Crippen molar-refractivity contribution < 1.29 is 0 Å². The van der Waals surface area contributed by atoms with Crippen LogP contribution < -0.4 is 0 Å². The van der Waals surface area contributed by atoms with Gasteiger partial charge in [0, 0.05) is 25.0 Å². The number of nitrogens with zero attached hydrogens (tertiary/aromatic N) is 1. The molecule has 2 aromatic rings. The van der Waals surface area contributed by atoms with E-state index in [-0.39, 0.29) is 12.4 Å². The molecule has 1 nitrogen and oxygen atoms in total. The number of hydrogen-bond acceptors (Lipinski definition) is 1. The highest BCUT2D eigenvalue weighted by molar-refractivity contribution is 6.18.